The Morgan fingerprint density at radius 2 is 1.69 bits per heavy atom. The molecule has 0 bridgehead atoms. The normalized spacial score (nSPS) is 23.0. The number of thioether (sulfide) groups is 1. The van der Waals surface area contributed by atoms with Gasteiger partial charge in [0.25, 0.3) is 0 Å². The van der Waals surface area contributed by atoms with E-state index in [1.807, 2.05) is 66.8 Å². The number of amides is 2. The van der Waals surface area contributed by atoms with Crippen molar-refractivity contribution in [2.75, 3.05) is 4.61 Å². The summed E-state index contributed by atoms with van der Waals surface area (Å²) in [6, 6.07) is 16.3. The molecule has 2 heterocycles. The fourth-order valence-corrected chi connectivity index (χ4v) is 6.28. The molecule has 0 radical (unpaired) electrons. The van der Waals surface area contributed by atoms with Crippen LogP contribution in [0.15, 0.2) is 60.7 Å². The predicted octanol–water partition coefficient (Wildman–Crippen LogP) is 3.00. The van der Waals surface area contributed by atoms with Crippen molar-refractivity contribution in [2.45, 2.75) is 48.6 Å². The van der Waals surface area contributed by atoms with Crippen LogP contribution in [0, 0.1) is 0 Å². The van der Waals surface area contributed by atoms with Crippen LogP contribution in [0.5, 0.6) is 0 Å². The van der Waals surface area contributed by atoms with Crippen LogP contribution in [0.3, 0.4) is 0 Å². The number of halogens is 1. The molecule has 0 aromatic heterocycles. The number of rotatable bonds is 8. The SMILES string of the molecule is CC1(C)S[C@@H]2[C@H](NC(=O)C(C(=O)OCI)c3ccccc3)C(=O)N2[C@H]1C(=O)OCc1ccccc1. The Labute approximate surface area is 221 Å². The number of hydrogen-bond donors (Lipinski definition) is 1. The molecule has 0 saturated carbocycles. The highest BCUT2D eigenvalue weighted by Gasteiger charge is 2.64. The zero-order chi connectivity index (χ0) is 25.2. The van der Waals surface area contributed by atoms with Crippen LogP contribution in [0.2, 0.25) is 0 Å². The van der Waals surface area contributed by atoms with Crippen molar-refractivity contribution in [3.63, 3.8) is 0 Å². The van der Waals surface area contributed by atoms with Crippen molar-refractivity contribution in [1.82, 2.24) is 10.2 Å². The molecule has 2 fully saturated rings. The van der Waals surface area contributed by atoms with Crippen LogP contribution in [0.1, 0.15) is 30.9 Å². The molecule has 1 N–H and O–H groups in total. The number of nitrogens with zero attached hydrogens (tertiary/aromatic N) is 1. The molecule has 184 valence electrons. The topological polar surface area (TPSA) is 102 Å². The van der Waals surface area contributed by atoms with E-state index < -0.39 is 46.0 Å². The minimum Gasteiger partial charge on any atom is -0.459 e. The van der Waals surface area contributed by atoms with E-state index in [2.05, 4.69) is 5.32 Å². The van der Waals surface area contributed by atoms with Gasteiger partial charge in [-0.3, -0.25) is 14.4 Å². The minimum atomic E-state index is -1.20. The number of ether oxygens (including phenoxy) is 2. The van der Waals surface area contributed by atoms with Gasteiger partial charge in [-0.25, -0.2) is 4.79 Å². The van der Waals surface area contributed by atoms with Crippen LogP contribution >= 0.6 is 34.4 Å². The van der Waals surface area contributed by atoms with Gasteiger partial charge in [-0.1, -0.05) is 60.7 Å². The molecule has 1 unspecified atom stereocenters. The maximum Gasteiger partial charge on any atom is 0.330 e. The van der Waals surface area contributed by atoms with Gasteiger partial charge in [0, 0.05) is 4.75 Å². The van der Waals surface area contributed by atoms with Crippen molar-refractivity contribution >= 4 is 58.1 Å². The first-order valence-corrected chi connectivity index (χ1v) is 13.4. The molecule has 2 saturated heterocycles. The zero-order valence-corrected chi connectivity index (χ0v) is 22.2. The first-order chi connectivity index (χ1) is 16.7. The lowest BCUT2D eigenvalue weighted by Crippen LogP contribution is -2.71. The maximum atomic E-state index is 13.1. The third kappa shape index (κ3) is 5.18. The highest BCUT2D eigenvalue weighted by atomic mass is 127. The monoisotopic (exact) mass is 608 g/mol. The summed E-state index contributed by atoms with van der Waals surface area (Å²) in [5, 5.41) is 2.29. The first-order valence-electron chi connectivity index (χ1n) is 11.0. The van der Waals surface area contributed by atoms with Crippen LogP contribution < -0.4 is 5.32 Å². The molecule has 4 rings (SSSR count). The molecule has 2 aromatic rings. The van der Waals surface area contributed by atoms with Crippen LogP contribution in [-0.4, -0.2) is 55.5 Å². The highest BCUT2D eigenvalue weighted by Crippen LogP contribution is 2.51. The quantitative estimate of drug-likeness (QED) is 0.162. The molecule has 2 aliphatic heterocycles. The largest absolute Gasteiger partial charge is 0.459 e. The van der Waals surface area contributed by atoms with E-state index in [0.29, 0.717) is 5.56 Å². The van der Waals surface area contributed by atoms with Gasteiger partial charge in [0.15, 0.2) is 5.92 Å². The van der Waals surface area contributed by atoms with Gasteiger partial charge < -0.3 is 19.7 Å². The molecule has 4 atom stereocenters. The third-order valence-corrected chi connectivity index (χ3v) is 7.90. The van der Waals surface area contributed by atoms with E-state index in [9.17, 15) is 19.2 Å². The van der Waals surface area contributed by atoms with E-state index in [0.717, 1.165) is 5.56 Å². The van der Waals surface area contributed by atoms with E-state index in [1.54, 1.807) is 30.3 Å². The lowest BCUT2D eigenvalue weighted by atomic mass is 9.94. The van der Waals surface area contributed by atoms with Gasteiger partial charge in [0.05, 0.1) is 0 Å². The average molecular weight is 608 g/mol. The summed E-state index contributed by atoms with van der Waals surface area (Å²) in [4.78, 5) is 53.2. The summed E-state index contributed by atoms with van der Waals surface area (Å²) in [7, 11) is 0. The Morgan fingerprint density at radius 3 is 2.31 bits per heavy atom. The Kier molecular flexibility index (Phi) is 7.70. The van der Waals surface area contributed by atoms with Crippen molar-refractivity contribution in [3.05, 3.63) is 71.8 Å². The van der Waals surface area contributed by atoms with Crippen molar-refractivity contribution in [1.29, 1.82) is 0 Å². The fraction of sp³-hybridized carbons (Fsp3) is 0.360. The minimum absolute atomic E-state index is 0.1000. The van der Waals surface area contributed by atoms with Crippen molar-refractivity contribution < 1.29 is 28.7 Å². The molecule has 2 aliphatic rings. The molecule has 0 spiro atoms. The van der Waals surface area contributed by atoms with E-state index >= 15 is 0 Å². The fourth-order valence-electron chi connectivity index (χ4n) is 4.35. The summed E-state index contributed by atoms with van der Waals surface area (Å²) in [6.07, 6.45) is 0. The maximum absolute atomic E-state index is 13.1. The molecule has 2 amide bonds. The number of alkyl halides is 1. The third-order valence-electron chi connectivity index (χ3n) is 6.01. The average Bonchev–Trinajstić information content (AvgIpc) is 3.10. The predicted molar refractivity (Wildman–Crippen MR) is 138 cm³/mol. The number of hydrogen-bond acceptors (Lipinski definition) is 7. The second-order valence-corrected chi connectivity index (χ2v) is 11.1. The van der Waals surface area contributed by atoms with Crippen molar-refractivity contribution in [3.8, 4) is 0 Å². The Hall–Kier alpha value is -2.60. The van der Waals surface area contributed by atoms with Crippen LogP contribution in [0.4, 0.5) is 0 Å². The first kappa shape index (κ1) is 25.5. The van der Waals surface area contributed by atoms with Gasteiger partial charge >= 0.3 is 11.9 Å². The van der Waals surface area contributed by atoms with Crippen molar-refractivity contribution in [2.24, 2.45) is 0 Å². The molecule has 2 aromatic carbocycles. The number of benzene rings is 2. The Bertz CT molecular complexity index is 1110. The standard InChI is InChI=1S/C25H25IN2O6S/c1-25(2)19(24(32)33-13-15-9-5-3-6-10-15)28-21(30)18(22(28)35-25)27-20(29)17(23(31)34-14-26)16-11-7-4-8-12-16/h3-12,17-19,22H,13-14H2,1-2H3,(H,27,29)/t17?,18-,19+,22-/m1/s1. The molecule has 8 nitrogen and oxygen atoms in total. The van der Waals surface area contributed by atoms with Gasteiger partial charge in [-0.05, 0) is 47.6 Å². The molecular formula is C25H25IN2O6S. The van der Waals surface area contributed by atoms with Crippen LogP contribution in [0.25, 0.3) is 0 Å². The summed E-state index contributed by atoms with van der Waals surface area (Å²) in [5.41, 5.74) is 1.33. The second-order valence-electron chi connectivity index (χ2n) is 8.76. The molecule has 0 aliphatic carbocycles. The lowest BCUT2D eigenvalue weighted by molar-refractivity contribution is -0.165. The Morgan fingerprint density at radius 1 is 1.06 bits per heavy atom. The number of carbonyl (C=O) groups is 4. The molecule has 10 heteroatoms. The summed E-state index contributed by atoms with van der Waals surface area (Å²) < 4.78 is 10.1. The number of esters is 2. The number of β-lactam (4-membered cyclic amide) rings is 1. The van der Waals surface area contributed by atoms with Gasteiger partial charge in [-0.15, -0.1) is 11.8 Å². The number of fused-ring (bicyclic) bond motifs is 1. The van der Waals surface area contributed by atoms with Gasteiger partial charge in [0.1, 0.15) is 28.7 Å². The number of nitrogens with one attached hydrogen (secondary N) is 1. The molecule has 35 heavy (non-hydrogen) atoms. The summed E-state index contributed by atoms with van der Waals surface area (Å²) in [5.74, 6) is -3.36. The highest BCUT2D eigenvalue weighted by molar-refractivity contribution is 14.1. The van der Waals surface area contributed by atoms with E-state index in [-0.39, 0.29) is 17.1 Å². The molecular weight excluding hydrogens is 583 g/mol. The van der Waals surface area contributed by atoms with Gasteiger partial charge in [0.2, 0.25) is 11.8 Å². The lowest BCUT2D eigenvalue weighted by Gasteiger charge is -2.44. The summed E-state index contributed by atoms with van der Waals surface area (Å²) >= 11 is 3.31. The zero-order valence-electron chi connectivity index (χ0n) is 19.2. The summed E-state index contributed by atoms with van der Waals surface area (Å²) in [6.45, 7) is 3.86. The smallest absolute Gasteiger partial charge is 0.330 e. The van der Waals surface area contributed by atoms with E-state index in [1.165, 1.54) is 16.7 Å². The van der Waals surface area contributed by atoms with E-state index in [4.69, 9.17) is 9.47 Å². The van der Waals surface area contributed by atoms with Gasteiger partial charge in [-0.2, -0.15) is 0 Å². The van der Waals surface area contributed by atoms with Crippen LogP contribution in [-0.2, 0) is 35.3 Å². The second kappa shape index (κ2) is 10.6. The number of carbonyl (C=O) groups excluding carboxylic acids is 4. The Balaban J connectivity index is 1.46.